The number of nitrogens with one attached hydrogen (secondary N) is 1. The van der Waals surface area contributed by atoms with Gasteiger partial charge in [-0.15, -0.1) is 0 Å². The fourth-order valence-electron chi connectivity index (χ4n) is 3.67. The van der Waals surface area contributed by atoms with Crippen molar-refractivity contribution in [1.82, 2.24) is 15.1 Å². The van der Waals surface area contributed by atoms with E-state index < -0.39 is 0 Å². The molecule has 6 nitrogen and oxygen atoms in total. The highest BCUT2D eigenvalue weighted by atomic mass is 16.7. The molecule has 6 heteroatoms. The van der Waals surface area contributed by atoms with Crippen molar-refractivity contribution in [2.75, 3.05) is 19.9 Å². The number of aromatic amines is 1. The lowest BCUT2D eigenvalue weighted by Crippen LogP contribution is -2.34. The second-order valence-corrected chi connectivity index (χ2v) is 6.77. The first-order chi connectivity index (χ1) is 11.7. The number of H-pyrrole nitrogens is 1. The third kappa shape index (κ3) is 2.99. The Balaban J connectivity index is 1.37. The van der Waals surface area contributed by atoms with E-state index in [-0.39, 0.29) is 6.61 Å². The van der Waals surface area contributed by atoms with E-state index in [1.54, 1.807) is 0 Å². The monoisotopic (exact) mass is 329 g/mol. The lowest BCUT2D eigenvalue weighted by atomic mass is 9.98. The molecule has 0 spiro atoms. The van der Waals surface area contributed by atoms with Gasteiger partial charge in [-0.25, -0.2) is 0 Å². The van der Waals surface area contributed by atoms with Crippen LogP contribution in [0.2, 0.25) is 0 Å². The Labute approximate surface area is 141 Å². The summed E-state index contributed by atoms with van der Waals surface area (Å²) >= 11 is 0. The third-order valence-electron chi connectivity index (χ3n) is 4.84. The summed E-state index contributed by atoms with van der Waals surface area (Å²) in [6, 6.07) is 6.21. The van der Waals surface area contributed by atoms with E-state index in [0.717, 1.165) is 49.7 Å². The second kappa shape index (κ2) is 6.45. The molecule has 0 saturated carbocycles. The van der Waals surface area contributed by atoms with Crippen LogP contribution in [0.4, 0.5) is 0 Å². The summed E-state index contributed by atoms with van der Waals surface area (Å²) in [6.07, 6.45) is 1.98. The first-order valence-electron chi connectivity index (χ1n) is 8.49. The summed E-state index contributed by atoms with van der Waals surface area (Å²) in [5.41, 5.74) is 4.43. The van der Waals surface area contributed by atoms with Gasteiger partial charge in [0, 0.05) is 37.3 Å². The van der Waals surface area contributed by atoms with Gasteiger partial charge in [-0.1, -0.05) is 13.0 Å². The molecule has 1 aromatic heterocycles. The molecule has 0 saturated heterocycles. The average molecular weight is 329 g/mol. The normalized spacial score (nSPS) is 17.8. The number of rotatable bonds is 5. The molecular weight excluding hydrogens is 306 g/mol. The van der Waals surface area contributed by atoms with E-state index in [1.165, 1.54) is 16.8 Å². The summed E-state index contributed by atoms with van der Waals surface area (Å²) in [6.45, 7) is 5.54. The van der Waals surface area contributed by atoms with Crippen LogP contribution in [-0.4, -0.2) is 40.1 Å². The molecule has 3 heterocycles. The molecule has 0 aliphatic carbocycles. The van der Waals surface area contributed by atoms with Gasteiger partial charge in [0.15, 0.2) is 11.5 Å². The number of hydrogen-bond acceptors (Lipinski definition) is 5. The molecule has 2 aliphatic rings. The van der Waals surface area contributed by atoms with Crippen LogP contribution in [0.3, 0.4) is 0 Å². The lowest BCUT2D eigenvalue weighted by Gasteiger charge is -2.29. The van der Waals surface area contributed by atoms with Crippen LogP contribution in [0.25, 0.3) is 0 Å². The molecule has 0 unspecified atom stereocenters. The Bertz CT molecular complexity index is 715. The smallest absolute Gasteiger partial charge is 0.231 e. The van der Waals surface area contributed by atoms with Crippen LogP contribution in [-0.2, 0) is 26.0 Å². The van der Waals surface area contributed by atoms with Gasteiger partial charge in [-0.2, -0.15) is 5.10 Å². The first-order valence-corrected chi connectivity index (χ1v) is 8.49. The third-order valence-corrected chi connectivity index (χ3v) is 4.84. The maximum Gasteiger partial charge on any atom is 0.231 e. The SMILES string of the molecule is C[C@@H](Cc1ccc2c(c1)OCO2)CN1CCc2[nH]nc(CO)c2C1. The van der Waals surface area contributed by atoms with Crippen LogP contribution in [0.5, 0.6) is 11.5 Å². The van der Waals surface area contributed by atoms with Gasteiger partial charge in [0.05, 0.1) is 12.3 Å². The Morgan fingerprint density at radius 3 is 3.08 bits per heavy atom. The predicted octanol–water partition coefficient (Wildman–Crippen LogP) is 1.87. The number of ether oxygens (including phenoxy) is 2. The summed E-state index contributed by atoms with van der Waals surface area (Å²) < 4.78 is 10.8. The molecule has 2 aromatic rings. The van der Waals surface area contributed by atoms with E-state index >= 15 is 0 Å². The highest BCUT2D eigenvalue weighted by Crippen LogP contribution is 2.33. The fraction of sp³-hybridized carbons (Fsp3) is 0.500. The van der Waals surface area contributed by atoms with Crippen LogP contribution < -0.4 is 9.47 Å². The van der Waals surface area contributed by atoms with Gasteiger partial charge < -0.3 is 14.6 Å². The van der Waals surface area contributed by atoms with Crippen molar-refractivity contribution in [3.8, 4) is 11.5 Å². The minimum atomic E-state index is 0.00637. The van der Waals surface area contributed by atoms with Gasteiger partial charge >= 0.3 is 0 Å². The summed E-state index contributed by atoms with van der Waals surface area (Å²) in [4.78, 5) is 2.45. The number of aliphatic hydroxyl groups is 1. The Kier molecular flexibility index (Phi) is 4.16. The van der Waals surface area contributed by atoms with Crippen molar-refractivity contribution >= 4 is 0 Å². The molecule has 1 atom stereocenters. The molecule has 0 amide bonds. The maximum absolute atomic E-state index is 9.40. The number of hydrogen-bond donors (Lipinski definition) is 2. The molecule has 4 rings (SSSR count). The van der Waals surface area contributed by atoms with Gasteiger partial charge in [-0.3, -0.25) is 10.00 Å². The highest BCUT2D eigenvalue weighted by molar-refractivity contribution is 5.44. The molecule has 24 heavy (non-hydrogen) atoms. The zero-order chi connectivity index (χ0) is 16.5. The summed E-state index contributed by atoms with van der Waals surface area (Å²) in [5, 5.41) is 16.7. The van der Waals surface area contributed by atoms with Crippen molar-refractivity contribution in [2.24, 2.45) is 5.92 Å². The van der Waals surface area contributed by atoms with Crippen molar-refractivity contribution in [3.05, 3.63) is 40.7 Å². The fourth-order valence-corrected chi connectivity index (χ4v) is 3.67. The van der Waals surface area contributed by atoms with E-state index in [1.807, 2.05) is 6.07 Å². The molecule has 2 aliphatic heterocycles. The maximum atomic E-state index is 9.40. The lowest BCUT2D eigenvalue weighted by molar-refractivity contribution is 0.174. The van der Waals surface area contributed by atoms with Crippen molar-refractivity contribution in [1.29, 1.82) is 0 Å². The first kappa shape index (κ1) is 15.5. The zero-order valence-electron chi connectivity index (χ0n) is 13.9. The number of aromatic nitrogens is 2. The summed E-state index contributed by atoms with van der Waals surface area (Å²) in [7, 11) is 0. The number of nitrogens with zero attached hydrogens (tertiary/aromatic N) is 2. The highest BCUT2D eigenvalue weighted by Gasteiger charge is 2.23. The predicted molar refractivity (Wildman–Crippen MR) is 88.9 cm³/mol. The van der Waals surface area contributed by atoms with E-state index in [0.29, 0.717) is 12.7 Å². The second-order valence-electron chi connectivity index (χ2n) is 6.77. The topological polar surface area (TPSA) is 70.6 Å². The van der Waals surface area contributed by atoms with Crippen molar-refractivity contribution in [3.63, 3.8) is 0 Å². The van der Waals surface area contributed by atoms with Crippen LogP contribution in [0.15, 0.2) is 18.2 Å². The quantitative estimate of drug-likeness (QED) is 0.876. The van der Waals surface area contributed by atoms with Gasteiger partial charge in [0.1, 0.15) is 0 Å². The molecule has 0 bridgehead atoms. The minimum absolute atomic E-state index is 0.00637. The molecule has 0 fully saturated rings. The van der Waals surface area contributed by atoms with Gasteiger partial charge in [-0.05, 0) is 30.0 Å². The standard InChI is InChI=1S/C18H23N3O3/c1-12(6-13-2-3-17-18(7-13)24-11-23-17)8-21-5-4-15-14(9-21)16(10-22)20-19-15/h2-3,7,12,22H,4-6,8-11H2,1H3,(H,19,20)/t12-/m0/s1. The van der Waals surface area contributed by atoms with Crippen molar-refractivity contribution in [2.45, 2.75) is 32.9 Å². The number of aliphatic hydroxyl groups excluding tert-OH is 1. The van der Waals surface area contributed by atoms with E-state index in [2.05, 4.69) is 34.2 Å². The Morgan fingerprint density at radius 1 is 1.33 bits per heavy atom. The number of benzene rings is 1. The van der Waals surface area contributed by atoms with Gasteiger partial charge in [0.2, 0.25) is 6.79 Å². The largest absolute Gasteiger partial charge is 0.454 e. The van der Waals surface area contributed by atoms with Gasteiger partial charge in [0.25, 0.3) is 0 Å². The van der Waals surface area contributed by atoms with E-state index in [4.69, 9.17) is 9.47 Å². The molecule has 0 radical (unpaired) electrons. The Hall–Kier alpha value is -2.05. The van der Waals surface area contributed by atoms with Crippen LogP contribution >= 0.6 is 0 Å². The Morgan fingerprint density at radius 2 is 2.21 bits per heavy atom. The van der Waals surface area contributed by atoms with Crippen LogP contribution in [0.1, 0.15) is 29.4 Å². The molecule has 2 N–H and O–H groups in total. The number of fused-ring (bicyclic) bond motifs is 2. The van der Waals surface area contributed by atoms with E-state index in [9.17, 15) is 5.11 Å². The minimum Gasteiger partial charge on any atom is -0.454 e. The van der Waals surface area contributed by atoms with Crippen molar-refractivity contribution < 1.29 is 14.6 Å². The molecular formula is C18H23N3O3. The molecule has 1 aromatic carbocycles. The average Bonchev–Trinajstić information content (AvgIpc) is 3.20. The van der Waals surface area contributed by atoms with Crippen LogP contribution in [0, 0.1) is 5.92 Å². The molecule has 128 valence electrons. The zero-order valence-corrected chi connectivity index (χ0v) is 13.9. The summed E-state index contributed by atoms with van der Waals surface area (Å²) in [5.74, 6) is 2.23.